The second-order valence-corrected chi connectivity index (χ2v) is 5.75. The molecule has 0 aliphatic heterocycles. The van der Waals surface area contributed by atoms with Crippen LogP contribution in [0.1, 0.15) is 13.3 Å². The third-order valence-electron chi connectivity index (χ3n) is 2.36. The monoisotopic (exact) mass is 304 g/mol. The highest BCUT2D eigenvalue weighted by atomic mass is 32.2. The molecule has 9 heteroatoms. The molecule has 0 aliphatic rings. The molecule has 114 valence electrons. The van der Waals surface area contributed by atoms with Crippen LogP contribution < -0.4 is 19.5 Å². The number of ether oxygens (including phenoxy) is 2. The van der Waals surface area contributed by atoms with Gasteiger partial charge in [0.15, 0.2) is 0 Å². The summed E-state index contributed by atoms with van der Waals surface area (Å²) >= 11 is 0. The Morgan fingerprint density at radius 2 is 1.80 bits per heavy atom. The fourth-order valence-electron chi connectivity index (χ4n) is 1.41. The number of hydrogen-bond donors (Lipinski definition) is 2. The van der Waals surface area contributed by atoms with Crippen molar-refractivity contribution in [3.05, 3.63) is 6.07 Å². The molecule has 0 atom stereocenters. The molecule has 0 bridgehead atoms. The smallest absolute Gasteiger partial charge is 0.243 e. The standard InChI is InChI=1S/C11H20N4O4S/c1-4-12-6-5-7-20(16,17)15-11-13-9(18-2)8-10(14-11)19-3/h8,12H,4-7H2,1-3H3,(H,13,14,15). The second kappa shape index (κ2) is 7.85. The molecule has 20 heavy (non-hydrogen) atoms. The normalized spacial score (nSPS) is 11.2. The Morgan fingerprint density at radius 3 is 2.30 bits per heavy atom. The van der Waals surface area contributed by atoms with E-state index < -0.39 is 10.0 Å². The first kappa shape index (κ1) is 16.4. The van der Waals surface area contributed by atoms with Crippen LogP contribution in [-0.4, -0.2) is 51.4 Å². The van der Waals surface area contributed by atoms with E-state index >= 15 is 0 Å². The lowest BCUT2D eigenvalue weighted by atomic mass is 10.5. The van der Waals surface area contributed by atoms with E-state index in [0.717, 1.165) is 6.54 Å². The minimum atomic E-state index is -3.49. The van der Waals surface area contributed by atoms with Crippen molar-refractivity contribution < 1.29 is 17.9 Å². The number of methoxy groups -OCH3 is 2. The van der Waals surface area contributed by atoms with Crippen LogP contribution in [0.15, 0.2) is 6.07 Å². The lowest BCUT2D eigenvalue weighted by molar-refractivity contribution is 0.373. The average molecular weight is 304 g/mol. The highest BCUT2D eigenvalue weighted by Gasteiger charge is 2.14. The van der Waals surface area contributed by atoms with E-state index in [2.05, 4.69) is 20.0 Å². The Morgan fingerprint density at radius 1 is 1.20 bits per heavy atom. The maximum atomic E-state index is 11.9. The van der Waals surface area contributed by atoms with Gasteiger partial charge in [-0.15, -0.1) is 0 Å². The van der Waals surface area contributed by atoms with Gasteiger partial charge in [0, 0.05) is 0 Å². The molecule has 1 aromatic rings. The predicted octanol–water partition coefficient (Wildman–Crippen LogP) is 0.235. The molecular weight excluding hydrogens is 284 g/mol. The summed E-state index contributed by atoms with van der Waals surface area (Å²) in [6.45, 7) is 3.41. The molecule has 0 amide bonds. The van der Waals surface area contributed by atoms with Gasteiger partial charge in [0.05, 0.1) is 26.0 Å². The van der Waals surface area contributed by atoms with E-state index in [9.17, 15) is 8.42 Å². The van der Waals surface area contributed by atoms with Gasteiger partial charge in [-0.1, -0.05) is 6.92 Å². The first-order valence-electron chi connectivity index (χ1n) is 6.19. The Balaban J connectivity index is 2.71. The van der Waals surface area contributed by atoms with Crippen LogP contribution in [0.3, 0.4) is 0 Å². The van der Waals surface area contributed by atoms with Crippen LogP contribution in [0.2, 0.25) is 0 Å². The third-order valence-corrected chi connectivity index (χ3v) is 3.68. The van der Waals surface area contributed by atoms with Crippen LogP contribution in [-0.2, 0) is 10.0 Å². The van der Waals surface area contributed by atoms with E-state index in [4.69, 9.17) is 9.47 Å². The van der Waals surface area contributed by atoms with Crippen LogP contribution in [0.25, 0.3) is 0 Å². The number of anilines is 1. The number of nitrogens with zero attached hydrogens (tertiary/aromatic N) is 2. The number of rotatable bonds is 9. The molecule has 0 aliphatic carbocycles. The quantitative estimate of drug-likeness (QED) is 0.630. The summed E-state index contributed by atoms with van der Waals surface area (Å²) < 4.78 is 35.9. The Bertz CT molecular complexity index is 499. The van der Waals surface area contributed by atoms with Crippen molar-refractivity contribution in [3.63, 3.8) is 0 Å². The Kier molecular flexibility index (Phi) is 6.46. The van der Waals surface area contributed by atoms with E-state index in [-0.39, 0.29) is 23.5 Å². The van der Waals surface area contributed by atoms with Gasteiger partial charge in [0.25, 0.3) is 0 Å². The Labute approximate surface area is 119 Å². The zero-order valence-electron chi connectivity index (χ0n) is 11.8. The van der Waals surface area contributed by atoms with Gasteiger partial charge in [-0.05, 0) is 19.5 Å². The van der Waals surface area contributed by atoms with Crippen molar-refractivity contribution in [2.24, 2.45) is 0 Å². The van der Waals surface area contributed by atoms with E-state index in [1.807, 2.05) is 6.92 Å². The highest BCUT2D eigenvalue weighted by Crippen LogP contribution is 2.18. The largest absolute Gasteiger partial charge is 0.481 e. The van der Waals surface area contributed by atoms with Gasteiger partial charge < -0.3 is 14.8 Å². The fraction of sp³-hybridized carbons (Fsp3) is 0.636. The van der Waals surface area contributed by atoms with Crippen LogP contribution >= 0.6 is 0 Å². The first-order valence-corrected chi connectivity index (χ1v) is 7.84. The van der Waals surface area contributed by atoms with E-state index in [1.54, 1.807) is 0 Å². The van der Waals surface area contributed by atoms with Crippen LogP contribution in [0, 0.1) is 0 Å². The first-order chi connectivity index (χ1) is 9.50. The van der Waals surface area contributed by atoms with Crippen molar-refractivity contribution in [1.82, 2.24) is 15.3 Å². The van der Waals surface area contributed by atoms with E-state index in [0.29, 0.717) is 13.0 Å². The zero-order valence-corrected chi connectivity index (χ0v) is 12.7. The Hall–Kier alpha value is -1.61. The fourth-order valence-corrected chi connectivity index (χ4v) is 2.41. The van der Waals surface area contributed by atoms with Crippen molar-refractivity contribution >= 4 is 16.0 Å². The molecule has 0 spiro atoms. The van der Waals surface area contributed by atoms with Gasteiger partial charge in [0.1, 0.15) is 0 Å². The van der Waals surface area contributed by atoms with E-state index in [1.165, 1.54) is 20.3 Å². The van der Waals surface area contributed by atoms with Crippen molar-refractivity contribution in [1.29, 1.82) is 0 Å². The van der Waals surface area contributed by atoms with Crippen molar-refractivity contribution in [3.8, 4) is 11.8 Å². The summed E-state index contributed by atoms with van der Waals surface area (Å²) in [7, 11) is -0.637. The van der Waals surface area contributed by atoms with Crippen molar-refractivity contribution in [2.75, 3.05) is 37.8 Å². The molecule has 0 fully saturated rings. The van der Waals surface area contributed by atoms with Gasteiger partial charge in [-0.3, -0.25) is 4.72 Å². The molecule has 0 unspecified atom stereocenters. The number of sulfonamides is 1. The summed E-state index contributed by atoms with van der Waals surface area (Å²) in [5.41, 5.74) is 0. The predicted molar refractivity (Wildman–Crippen MR) is 75.7 cm³/mol. The maximum absolute atomic E-state index is 11.9. The topological polar surface area (TPSA) is 102 Å². The number of nitrogens with one attached hydrogen (secondary N) is 2. The minimum Gasteiger partial charge on any atom is -0.481 e. The zero-order chi connectivity index (χ0) is 15.0. The summed E-state index contributed by atoms with van der Waals surface area (Å²) in [5, 5.41) is 3.06. The van der Waals surface area contributed by atoms with Gasteiger partial charge >= 0.3 is 0 Å². The van der Waals surface area contributed by atoms with Crippen LogP contribution in [0.5, 0.6) is 11.8 Å². The average Bonchev–Trinajstić information content (AvgIpc) is 2.42. The molecular formula is C11H20N4O4S. The van der Waals surface area contributed by atoms with Gasteiger partial charge in [-0.2, -0.15) is 9.97 Å². The summed E-state index contributed by atoms with van der Waals surface area (Å²) in [6.07, 6.45) is 0.504. The summed E-state index contributed by atoms with van der Waals surface area (Å²) in [6, 6.07) is 1.46. The molecule has 8 nitrogen and oxygen atoms in total. The highest BCUT2D eigenvalue weighted by molar-refractivity contribution is 7.92. The summed E-state index contributed by atoms with van der Waals surface area (Å²) in [5.74, 6) is 0.372. The summed E-state index contributed by atoms with van der Waals surface area (Å²) in [4.78, 5) is 7.82. The van der Waals surface area contributed by atoms with Gasteiger partial charge in [0.2, 0.25) is 27.7 Å². The molecule has 0 saturated carbocycles. The lowest BCUT2D eigenvalue weighted by Crippen LogP contribution is -2.22. The molecule has 2 N–H and O–H groups in total. The molecule has 1 rings (SSSR count). The van der Waals surface area contributed by atoms with Crippen molar-refractivity contribution in [2.45, 2.75) is 13.3 Å². The lowest BCUT2D eigenvalue weighted by Gasteiger charge is -2.09. The molecule has 0 saturated heterocycles. The maximum Gasteiger partial charge on any atom is 0.243 e. The van der Waals surface area contributed by atoms with Crippen LogP contribution in [0.4, 0.5) is 5.95 Å². The molecule has 1 heterocycles. The molecule has 1 aromatic heterocycles. The third kappa shape index (κ3) is 5.57. The molecule has 0 radical (unpaired) electrons. The number of hydrogen-bond acceptors (Lipinski definition) is 7. The van der Waals surface area contributed by atoms with Gasteiger partial charge in [-0.25, -0.2) is 8.42 Å². The SMILES string of the molecule is CCNCCCS(=O)(=O)Nc1nc(OC)cc(OC)n1. The molecule has 0 aromatic carbocycles. The number of aromatic nitrogens is 2. The minimum absolute atomic E-state index is 0.0110. The second-order valence-electron chi connectivity index (χ2n) is 3.90.